The fraction of sp³-hybridized carbons (Fsp3) is 0.481. The minimum absolute atomic E-state index is 0.0159. The van der Waals surface area contributed by atoms with Crippen LogP contribution in [-0.2, 0) is 9.53 Å². The number of nitrogens with zero attached hydrogens (tertiary/aromatic N) is 1. The molecule has 0 radical (unpaired) electrons. The number of carbonyl (C=O) groups excluding carboxylic acids is 1. The number of pyridine rings is 1. The first kappa shape index (κ1) is 24.8. The van der Waals surface area contributed by atoms with Crippen LogP contribution in [0.15, 0.2) is 48.7 Å². The Kier molecular flexibility index (Phi) is 8.58. The molecule has 4 nitrogen and oxygen atoms in total. The second-order valence-electron chi connectivity index (χ2n) is 8.90. The van der Waals surface area contributed by atoms with Crippen molar-refractivity contribution in [3.8, 4) is 11.1 Å². The third-order valence-corrected chi connectivity index (χ3v) is 6.71. The Morgan fingerprint density at radius 1 is 1.19 bits per heavy atom. The third-order valence-electron chi connectivity index (χ3n) is 6.71. The summed E-state index contributed by atoms with van der Waals surface area (Å²) in [7, 11) is 0. The van der Waals surface area contributed by atoms with Crippen molar-refractivity contribution in [2.24, 2.45) is 17.8 Å². The Balaban J connectivity index is 2.28. The highest BCUT2D eigenvalue weighted by Gasteiger charge is 2.36. The summed E-state index contributed by atoms with van der Waals surface area (Å²) < 4.78 is 5.45. The molecule has 0 bridgehead atoms. The van der Waals surface area contributed by atoms with Crippen molar-refractivity contribution < 1.29 is 14.6 Å². The van der Waals surface area contributed by atoms with Gasteiger partial charge in [0.1, 0.15) is 6.10 Å². The number of aromatic nitrogens is 1. The van der Waals surface area contributed by atoms with Crippen LogP contribution >= 0.6 is 0 Å². The topological polar surface area (TPSA) is 59.4 Å². The van der Waals surface area contributed by atoms with Crippen LogP contribution in [0.2, 0.25) is 0 Å². The molecule has 1 heterocycles. The van der Waals surface area contributed by atoms with E-state index in [2.05, 4.69) is 50.0 Å². The summed E-state index contributed by atoms with van der Waals surface area (Å²) in [5, 5.41) is 10.9. The first-order chi connectivity index (χ1) is 14.6. The lowest BCUT2D eigenvalue weighted by atomic mass is 9.72. The number of allylic oxidation sites excluding steroid dienone is 1. The molecule has 0 fully saturated rings. The van der Waals surface area contributed by atoms with Crippen molar-refractivity contribution in [2.75, 3.05) is 0 Å². The van der Waals surface area contributed by atoms with Gasteiger partial charge in [0.05, 0.1) is 11.3 Å². The second kappa shape index (κ2) is 10.7. The Labute approximate surface area is 187 Å². The van der Waals surface area contributed by atoms with Gasteiger partial charge in [-0.1, -0.05) is 57.2 Å². The van der Waals surface area contributed by atoms with Gasteiger partial charge in [0, 0.05) is 18.7 Å². The SMILES string of the molecule is CC[C@@](C)(O)C(C)[C@H](/C=C/c1ccc(-c2ccccc2C)cn1)[C@@H](C)[C@@H](C)OC(C)=O. The molecule has 0 aliphatic heterocycles. The van der Waals surface area contributed by atoms with E-state index in [0.717, 1.165) is 11.3 Å². The molecule has 1 unspecified atom stereocenters. The van der Waals surface area contributed by atoms with E-state index in [1.807, 2.05) is 51.2 Å². The minimum Gasteiger partial charge on any atom is -0.463 e. The summed E-state index contributed by atoms with van der Waals surface area (Å²) in [4.78, 5) is 16.1. The van der Waals surface area contributed by atoms with Gasteiger partial charge in [-0.15, -0.1) is 0 Å². The zero-order valence-electron chi connectivity index (χ0n) is 19.9. The van der Waals surface area contributed by atoms with E-state index in [4.69, 9.17) is 4.74 Å². The number of esters is 1. The highest BCUT2D eigenvalue weighted by Crippen LogP contribution is 2.35. The molecule has 0 amide bonds. The maximum absolute atomic E-state index is 11.5. The average molecular weight is 424 g/mol. The van der Waals surface area contributed by atoms with Crippen LogP contribution in [0.25, 0.3) is 17.2 Å². The Bertz CT molecular complexity index is 886. The predicted octanol–water partition coefficient (Wildman–Crippen LogP) is 6.07. The lowest BCUT2D eigenvalue weighted by Gasteiger charge is -2.38. The fourth-order valence-electron chi connectivity index (χ4n) is 3.99. The number of hydrogen-bond donors (Lipinski definition) is 1. The van der Waals surface area contributed by atoms with Crippen molar-refractivity contribution in [3.05, 3.63) is 59.9 Å². The standard InChI is InChI=1S/C27H37NO3/c1-8-27(7,30)20(4)26(19(3)21(5)31-22(6)29)16-15-24-14-13-23(17-28-24)25-12-10-9-11-18(25)2/h9-17,19-21,26,30H,8H2,1-7H3/b16-15+/t19-,20?,21+,26+,27+/m0/s1. The molecule has 0 spiro atoms. The van der Waals surface area contributed by atoms with Gasteiger partial charge in [-0.3, -0.25) is 9.78 Å². The van der Waals surface area contributed by atoms with Crippen molar-refractivity contribution in [3.63, 3.8) is 0 Å². The van der Waals surface area contributed by atoms with E-state index in [9.17, 15) is 9.90 Å². The molecule has 5 atom stereocenters. The molecule has 0 aliphatic rings. The lowest BCUT2D eigenvalue weighted by molar-refractivity contribution is -0.149. The van der Waals surface area contributed by atoms with Crippen LogP contribution in [0.5, 0.6) is 0 Å². The largest absolute Gasteiger partial charge is 0.463 e. The lowest BCUT2D eigenvalue weighted by Crippen LogP contribution is -2.41. The normalized spacial score (nSPS) is 17.5. The molecule has 1 aromatic heterocycles. The molecule has 168 valence electrons. The summed E-state index contributed by atoms with van der Waals surface area (Å²) in [5.41, 5.74) is 3.53. The predicted molar refractivity (Wildman–Crippen MR) is 127 cm³/mol. The Morgan fingerprint density at radius 2 is 1.87 bits per heavy atom. The van der Waals surface area contributed by atoms with Crippen molar-refractivity contribution in [2.45, 2.75) is 66.6 Å². The molecule has 4 heteroatoms. The molecule has 0 aliphatic carbocycles. The van der Waals surface area contributed by atoms with Crippen molar-refractivity contribution >= 4 is 12.0 Å². The van der Waals surface area contributed by atoms with Gasteiger partial charge in [-0.2, -0.15) is 0 Å². The van der Waals surface area contributed by atoms with Crippen molar-refractivity contribution in [1.29, 1.82) is 0 Å². The van der Waals surface area contributed by atoms with Gasteiger partial charge in [0.25, 0.3) is 0 Å². The van der Waals surface area contributed by atoms with Crippen LogP contribution in [0.4, 0.5) is 0 Å². The summed E-state index contributed by atoms with van der Waals surface area (Å²) in [6.45, 7) is 13.4. The number of aryl methyl sites for hydroxylation is 1. The number of rotatable bonds is 9. The number of aliphatic hydroxyl groups is 1. The Morgan fingerprint density at radius 3 is 2.42 bits per heavy atom. The summed E-state index contributed by atoms with van der Waals surface area (Å²) in [5.74, 6) is -0.250. The monoisotopic (exact) mass is 423 g/mol. The zero-order chi connectivity index (χ0) is 23.2. The van der Waals surface area contributed by atoms with Crippen molar-refractivity contribution in [1.82, 2.24) is 4.98 Å². The summed E-state index contributed by atoms with van der Waals surface area (Å²) >= 11 is 0. The van der Waals surface area contributed by atoms with Crippen LogP contribution < -0.4 is 0 Å². The van der Waals surface area contributed by atoms with E-state index in [1.165, 1.54) is 18.1 Å². The molecule has 0 saturated carbocycles. The molecule has 1 aromatic carbocycles. The van der Waals surface area contributed by atoms with E-state index in [-0.39, 0.29) is 29.8 Å². The number of hydrogen-bond acceptors (Lipinski definition) is 4. The van der Waals surface area contributed by atoms with Gasteiger partial charge in [-0.25, -0.2) is 0 Å². The maximum Gasteiger partial charge on any atom is 0.302 e. The molecule has 31 heavy (non-hydrogen) atoms. The zero-order valence-corrected chi connectivity index (χ0v) is 19.9. The van der Waals surface area contributed by atoms with E-state index < -0.39 is 5.60 Å². The first-order valence-electron chi connectivity index (χ1n) is 11.2. The number of carbonyl (C=O) groups is 1. The van der Waals surface area contributed by atoms with E-state index in [1.54, 1.807) is 0 Å². The molecule has 2 rings (SSSR count). The molecular formula is C27H37NO3. The average Bonchev–Trinajstić information content (AvgIpc) is 2.74. The second-order valence-corrected chi connectivity index (χ2v) is 8.90. The maximum atomic E-state index is 11.5. The van der Waals surface area contributed by atoms with Crippen LogP contribution in [0, 0.1) is 24.7 Å². The third kappa shape index (κ3) is 6.51. The highest BCUT2D eigenvalue weighted by atomic mass is 16.5. The van der Waals surface area contributed by atoms with E-state index in [0.29, 0.717) is 6.42 Å². The minimum atomic E-state index is -0.818. The molecule has 1 N–H and O–H groups in total. The van der Waals surface area contributed by atoms with Crippen LogP contribution in [0.1, 0.15) is 59.2 Å². The quantitative estimate of drug-likeness (QED) is 0.497. The summed E-state index contributed by atoms with van der Waals surface area (Å²) in [6, 6.07) is 12.4. The fourth-order valence-corrected chi connectivity index (χ4v) is 3.99. The van der Waals surface area contributed by atoms with Crippen LogP contribution in [-0.4, -0.2) is 27.8 Å². The van der Waals surface area contributed by atoms with Gasteiger partial charge in [-0.05, 0) is 68.2 Å². The van der Waals surface area contributed by atoms with Gasteiger partial charge in [0.15, 0.2) is 0 Å². The van der Waals surface area contributed by atoms with Gasteiger partial charge in [0.2, 0.25) is 0 Å². The summed E-state index contributed by atoms with van der Waals surface area (Å²) in [6.07, 6.45) is 6.41. The number of ether oxygens (including phenoxy) is 1. The number of benzene rings is 1. The first-order valence-corrected chi connectivity index (χ1v) is 11.2. The smallest absolute Gasteiger partial charge is 0.302 e. The molecule has 2 aromatic rings. The molecule has 0 saturated heterocycles. The van der Waals surface area contributed by atoms with E-state index >= 15 is 0 Å². The van der Waals surface area contributed by atoms with Crippen LogP contribution in [0.3, 0.4) is 0 Å². The molecular weight excluding hydrogens is 386 g/mol. The van der Waals surface area contributed by atoms with Gasteiger partial charge < -0.3 is 9.84 Å². The van der Waals surface area contributed by atoms with Gasteiger partial charge >= 0.3 is 5.97 Å². The Hall–Kier alpha value is -2.46. The highest BCUT2D eigenvalue weighted by molar-refractivity contribution is 5.67.